The Morgan fingerprint density at radius 2 is 1.86 bits per heavy atom. The maximum Gasteiger partial charge on any atom is 0.409 e. The van der Waals surface area contributed by atoms with Crippen LogP contribution in [0.3, 0.4) is 0 Å². The van der Waals surface area contributed by atoms with Gasteiger partial charge < -0.3 is 25.0 Å². The summed E-state index contributed by atoms with van der Waals surface area (Å²) in [7, 11) is 0. The number of carbonyl (C=O) groups is 3. The van der Waals surface area contributed by atoms with Crippen LogP contribution in [0.25, 0.3) is 0 Å². The van der Waals surface area contributed by atoms with Crippen LogP contribution in [0.4, 0.5) is 4.79 Å². The van der Waals surface area contributed by atoms with Crippen molar-refractivity contribution in [1.82, 2.24) is 19.8 Å². The van der Waals surface area contributed by atoms with E-state index in [2.05, 4.69) is 10.3 Å². The quantitative estimate of drug-likeness (QED) is 0.571. The standard InChI is InChI=1S/C17H26N4O7/c1-9-7-18-15(26)20(13(9)23)8-12(22)21(10(2)14(24)25)11(3)19-16(27)28-17(4,5)6/h7,10-11H,8H2,1-6H3,(H,18,26)(H,19,27)(H,24,25)/t10-,11?/m0/s1. The van der Waals surface area contributed by atoms with Crippen LogP contribution in [0.5, 0.6) is 0 Å². The Morgan fingerprint density at radius 3 is 2.36 bits per heavy atom. The lowest BCUT2D eigenvalue weighted by molar-refractivity contribution is -0.152. The highest BCUT2D eigenvalue weighted by Crippen LogP contribution is 2.10. The van der Waals surface area contributed by atoms with Crippen molar-refractivity contribution in [2.75, 3.05) is 0 Å². The molecule has 1 aromatic heterocycles. The Morgan fingerprint density at radius 1 is 1.29 bits per heavy atom. The Labute approximate surface area is 161 Å². The highest BCUT2D eigenvalue weighted by molar-refractivity contribution is 5.84. The molecule has 156 valence electrons. The molecule has 28 heavy (non-hydrogen) atoms. The summed E-state index contributed by atoms with van der Waals surface area (Å²) in [6.07, 6.45) is -0.704. The summed E-state index contributed by atoms with van der Waals surface area (Å²) in [6, 6.07) is -1.34. The highest BCUT2D eigenvalue weighted by atomic mass is 16.6. The number of amides is 2. The molecule has 1 unspecified atom stereocenters. The van der Waals surface area contributed by atoms with Gasteiger partial charge in [-0.2, -0.15) is 0 Å². The number of hydrogen-bond donors (Lipinski definition) is 3. The van der Waals surface area contributed by atoms with Crippen molar-refractivity contribution < 1.29 is 24.2 Å². The number of H-pyrrole nitrogens is 1. The molecule has 11 heteroatoms. The molecule has 0 aliphatic carbocycles. The predicted molar refractivity (Wildman–Crippen MR) is 98.8 cm³/mol. The highest BCUT2D eigenvalue weighted by Gasteiger charge is 2.32. The average Bonchev–Trinajstić information content (AvgIpc) is 2.53. The monoisotopic (exact) mass is 398 g/mol. The molecule has 0 aromatic carbocycles. The third-order valence-electron chi connectivity index (χ3n) is 3.74. The number of aliphatic carboxylic acids is 1. The van der Waals surface area contributed by atoms with Gasteiger partial charge in [0.15, 0.2) is 0 Å². The first-order valence-electron chi connectivity index (χ1n) is 8.57. The van der Waals surface area contributed by atoms with Crippen LogP contribution < -0.4 is 16.6 Å². The lowest BCUT2D eigenvalue weighted by Gasteiger charge is -2.33. The number of nitrogens with one attached hydrogen (secondary N) is 2. The summed E-state index contributed by atoms with van der Waals surface area (Å²) >= 11 is 0. The van der Waals surface area contributed by atoms with E-state index in [-0.39, 0.29) is 5.56 Å². The molecule has 0 bridgehead atoms. The predicted octanol–water partition coefficient (Wildman–Crippen LogP) is 0.0174. The fourth-order valence-corrected chi connectivity index (χ4v) is 2.41. The smallest absolute Gasteiger partial charge is 0.409 e. The van der Waals surface area contributed by atoms with Crippen LogP contribution in [-0.2, 0) is 20.9 Å². The van der Waals surface area contributed by atoms with Crippen molar-refractivity contribution in [3.8, 4) is 0 Å². The first kappa shape index (κ1) is 22.9. The number of aromatic nitrogens is 2. The van der Waals surface area contributed by atoms with Gasteiger partial charge in [-0.1, -0.05) is 0 Å². The molecular weight excluding hydrogens is 372 g/mol. The first-order valence-corrected chi connectivity index (χ1v) is 8.57. The van der Waals surface area contributed by atoms with Crippen molar-refractivity contribution in [3.63, 3.8) is 0 Å². The summed E-state index contributed by atoms with van der Waals surface area (Å²) in [5.74, 6) is -2.16. The Bertz CT molecular complexity index is 865. The Kier molecular flexibility index (Phi) is 7.14. The molecule has 2 amide bonds. The molecule has 0 aliphatic heterocycles. The number of nitrogens with zero attached hydrogens (tertiary/aromatic N) is 2. The van der Waals surface area contributed by atoms with Crippen molar-refractivity contribution in [1.29, 1.82) is 0 Å². The molecular formula is C17H26N4O7. The van der Waals surface area contributed by atoms with Crippen LogP contribution in [0.1, 0.15) is 40.2 Å². The first-order chi connectivity index (χ1) is 12.7. The van der Waals surface area contributed by atoms with Crippen LogP contribution in [0.15, 0.2) is 15.8 Å². The average molecular weight is 398 g/mol. The van der Waals surface area contributed by atoms with E-state index in [9.17, 15) is 29.1 Å². The maximum absolute atomic E-state index is 12.7. The minimum atomic E-state index is -1.34. The van der Waals surface area contributed by atoms with Gasteiger partial charge in [0.25, 0.3) is 5.56 Å². The number of aromatic amines is 1. The van der Waals surface area contributed by atoms with Gasteiger partial charge in [-0.05, 0) is 41.5 Å². The summed E-state index contributed by atoms with van der Waals surface area (Å²) in [5, 5.41) is 11.7. The topological polar surface area (TPSA) is 151 Å². The number of hydrogen-bond acceptors (Lipinski definition) is 6. The molecule has 1 aromatic rings. The summed E-state index contributed by atoms with van der Waals surface area (Å²) in [5.41, 5.74) is -2.06. The second-order valence-corrected chi connectivity index (χ2v) is 7.31. The summed E-state index contributed by atoms with van der Waals surface area (Å²) in [4.78, 5) is 63.3. The second-order valence-electron chi connectivity index (χ2n) is 7.31. The molecule has 2 atom stereocenters. The van der Waals surface area contributed by atoms with E-state index in [0.29, 0.717) is 4.57 Å². The van der Waals surface area contributed by atoms with Gasteiger partial charge in [0, 0.05) is 11.8 Å². The lowest BCUT2D eigenvalue weighted by Crippen LogP contribution is -2.57. The van der Waals surface area contributed by atoms with Crippen molar-refractivity contribution in [2.45, 2.75) is 65.9 Å². The van der Waals surface area contributed by atoms with E-state index in [0.717, 1.165) is 4.90 Å². The molecule has 0 spiro atoms. The molecule has 0 aliphatic rings. The van der Waals surface area contributed by atoms with Gasteiger partial charge in [0.1, 0.15) is 24.4 Å². The van der Waals surface area contributed by atoms with Crippen LogP contribution in [0, 0.1) is 6.92 Å². The van der Waals surface area contributed by atoms with Gasteiger partial charge in [-0.15, -0.1) is 0 Å². The van der Waals surface area contributed by atoms with E-state index in [1.165, 1.54) is 27.0 Å². The number of carbonyl (C=O) groups excluding carboxylic acids is 2. The zero-order valence-corrected chi connectivity index (χ0v) is 16.7. The van der Waals surface area contributed by atoms with Crippen LogP contribution >= 0.6 is 0 Å². The molecule has 11 nitrogen and oxygen atoms in total. The third-order valence-corrected chi connectivity index (χ3v) is 3.74. The fourth-order valence-electron chi connectivity index (χ4n) is 2.41. The van der Waals surface area contributed by atoms with Crippen LogP contribution in [0.2, 0.25) is 0 Å². The molecule has 0 saturated heterocycles. The minimum Gasteiger partial charge on any atom is -0.480 e. The number of carboxylic acids is 1. The normalized spacial score (nSPS) is 13.4. The largest absolute Gasteiger partial charge is 0.480 e. The van der Waals surface area contributed by atoms with E-state index in [4.69, 9.17) is 4.74 Å². The number of rotatable bonds is 6. The molecule has 0 saturated carbocycles. The van der Waals surface area contributed by atoms with Crippen molar-refractivity contribution >= 4 is 18.0 Å². The number of carboxylic acid groups (broad SMARTS) is 1. The Hall–Kier alpha value is -3.11. The van der Waals surface area contributed by atoms with Gasteiger partial charge in [0.05, 0.1) is 0 Å². The summed E-state index contributed by atoms with van der Waals surface area (Å²) in [6.45, 7) is 8.36. The van der Waals surface area contributed by atoms with Crippen molar-refractivity contribution in [2.24, 2.45) is 0 Å². The molecule has 3 N–H and O–H groups in total. The minimum absolute atomic E-state index is 0.213. The molecule has 0 fully saturated rings. The second kappa shape index (κ2) is 8.72. The fraction of sp³-hybridized carbons (Fsp3) is 0.588. The summed E-state index contributed by atoms with van der Waals surface area (Å²) < 4.78 is 5.77. The molecule has 1 rings (SSSR count). The van der Waals surface area contributed by atoms with Gasteiger partial charge in [-0.25, -0.2) is 14.4 Å². The van der Waals surface area contributed by atoms with Crippen molar-refractivity contribution in [3.05, 3.63) is 32.6 Å². The van der Waals surface area contributed by atoms with E-state index in [1.54, 1.807) is 20.8 Å². The lowest BCUT2D eigenvalue weighted by atomic mass is 10.2. The Balaban J connectivity index is 3.14. The van der Waals surface area contributed by atoms with Crippen LogP contribution in [-0.4, -0.2) is 55.3 Å². The SMILES string of the molecule is Cc1c[nH]c(=O)n(CC(=O)N(C(C)NC(=O)OC(C)(C)C)[C@@H](C)C(=O)O)c1=O. The maximum atomic E-state index is 12.7. The van der Waals surface area contributed by atoms with Gasteiger partial charge in [-0.3, -0.25) is 14.2 Å². The number of alkyl carbamates (subject to hydrolysis) is 1. The zero-order chi connectivity index (χ0) is 21.8. The number of ether oxygens (including phenoxy) is 1. The van der Waals surface area contributed by atoms with Gasteiger partial charge >= 0.3 is 17.8 Å². The van der Waals surface area contributed by atoms with E-state index >= 15 is 0 Å². The molecule has 1 heterocycles. The zero-order valence-electron chi connectivity index (χ0n) is 16.7. The molecule has 0 radical (unpaired) electrons. The number of aryl methyl sites for hydroxylation is 1. The van der Waals surface area contributed by atoms with Gasteiger partial charge in [0.2, 0.25) is 5.91 Å². The van der Waals surface area contributed by atoms with E-state index in [1.807, 2.05) is 0 Å². The van der Waals surface area contributed by atoms with E-state index < -0.39 is 53.6 Å². The third kappa shape index (κ3) is 5.96.